The van der Waals surface area contributed by atoms with E-state index in [9.17, 15) is 18.5 Å². The number of hydrogen-bond donors (Lipinski definition) is 2. The summed E-state index contributed by atoms with van der Waals surface area (Å²) in [6, 6.07) is 2.73. The lowest BCUT2D eigenvalue weighted by Crippen LogP contribution is -2.18. The second-order valence-corrected chi connectivity index (χ2v) is 5.73. The number of nitro benzene ring substituents is 1. The maximum Gasteiger partial charge on any atom is 0.300 e. The third-order valence-corrected chi connectivity index (χ3v) is 3.37. The molecule has 1 aromatic heterocycles. The SMILES string of the molecule is NS(=O)(=O)CCCNc1ccc([N+](=O)[O-])c2nonc12. The standard InChI is InChI=1S/C9H11N5O5S/c10-20(17,18)5-1-4-11-6-2-3-7(14(15)16)9-8(6)12-19-13-9/h2-3,11H,1,4-5H2,(H2,10,17,18). The first kappa shape index (κ1) is 14.1. The Kier molecular flexibility index (Phi) is 3.81. The highest BCUT2D eigenvalue weighted by Gasteiger charge is 2.19. The van der Waals surface area contributed by atoms with Crippen LogP contribution in [-0.4, -0.2) is 36.0 Å². The number of primary sulfonamides is 1. The van der Waals surface area contributed by atoms with Gasteiger partial charge >= 0.3 is 5.69 Å². The van der Waals surface area contributed by atoms with Crippen molar-refractivity contribution in [2.24, 2.45) is 5.14 Å². The van der Waals surface area contributed by atoms with Crippen LogP contribution in [-0.2, 0) is 10.0 Å². The third-order valence-electron chi connectivity index (χ3n) is 2.51. The fourth-order valence-electron chi connectivity index (χ4n) is 1.64. The van der Waals surface area contributed by atoms with E-state index in [0.717, 1.165) is 0 Å². The molecule has 0 aliphatic carbocycles. The molecule has 0 spiro atoms. The van der Waals surface area contributed by atoms with Crippen molar-refractivity contribution in [1.82, 2.24) is 10.3 Å². The molecule has 3 N–H and O–H groups in total. The molecule has 0 aliphatic rings. The lowest BCUT2D eigenvalue weighted by molar-refractivity contribution is -0.383. The van der Waals surface area contributed by atoms with Gasteiger partial charge in [0.25, 0.3) is 0 Å². The van der Waals surface area contributed by atoms with Crippen molar-refractivity contribution in [3.8, 4) is 0 Å². The Morgan fingerprint density at radius 1 is 1.35 bits per heavy atom. The zero-order valence-electron chi connectivity index (χ0n) is 10.1. The molecule has 2 aromatic rings. The first-order valence-corrected chi connectivity index (χ1v) is 7.24. The first-order chi connectivity index (χ1) is 9.38. The van der Waals surface area contributed by atoms with E-state index < -0.39 is 14.9 Å². The van der Waals surface area contributed by atoms with Gasteiger partial charge in [0.2, 0.25) is 15.5 Å². The van der Waals surface area contributed by atoms with E-state index in [1.54, 1.807) is 0 Å². The minimum absolute atomic E-state index is 0.0337. The molecule has 108 valence electrons. The number of fused-ring (bicyclic) bond motifs is 1. The highest BCUT2D eigenvalue weighted by Crippen LogP contribution is 2.28. The van der Waals surface area contributed by atoms with E-state index in [4.69, 9.17) is 5.14 Å². The normalized spacial score (nSPS) is 11.7. The molecule has 0 fully saturated rings. The van der Waals surface area contributed by atoms with Gasteiger partial charge in [0, 0.05) is 12.6 Å². The van der Waals surface area contributed by atoms with E-state index in [1.807, 2.05) is 0 Å². The van der Waals surface area contributed by atoms with Gasteiger partial charge in [0.05, 0.1) is 16.4 Å². The second kappa shape index (κ2) is 5.38. The number of sulfonamides is 1. The topological polar surface area (TPSA) is 154 Å². The zero-order chi connectivity index (χ0) is 14.8. The van der Waals surface area contributed by atoms with Crippen molar-refractivity contribution in [2.75, 3.05) is 17.6 Å². The van der Waals surface area contributed by atoms with Crippen LogP contribution in [0, 0.1) is 10.1 Å². The molecular weight excluding hydrogens is 290 g/mol. The van der Waals surface area contributed by atoms with E-state index >= 15 is 0 Å². The molecule has 0 saturated heterocycles. The molecule has 0 aliphatic heterocycles. The first-order valence-electron chi connectivity index (χ1n) is 5.52. The third kappa shape index (κ3) is 3.19. The molecular formula is C9H11N5O5S. The van der Waals surface area contributed by atoms with Crippen LogP contribution in [0.5, 0.6) is 0 Å². The zero-order valence-corrected chi connectivity index (χ0v) is 11.0. The molecule has 0 atom stereocenters. The minimum Gasteiger partial charge on any atom is -0.383 e. The van der Waals surface area contributed by atoms with Crippen LogP contribution >= 0.6 is 0 Å². The highest BCUT2D eigenvalue weighted by molar-refractivity contribution is 7.89. The molecule has 0 saturated carbocycles. The fourth-order valence-corrected chi connectivity index (χ4v) is 2.19. The van der Waals surface area contributed by atoms with Gasteiger partial charge in [0.1, 0.15) is 0 Å². The predicted molar refractivity (Wildman–Crippen MR) is 69.5 cm³/mol. The number of nitrogens with one attached hydrogen (secondary N) is 1. The molecule has 0 radical (unpaired) electrons. The molecule has 10 nitrogen and oxygen atoms in total. The van der Waals surface area contributed by atoms with Crippen molar-refractivity contribution in [2.45, 2.75) is 6.42 Å². The summed E-state index contributed by atoms with van der Waals surface area (Å²) in [5.41, 5.74) is 0.513. The van der Waals surface area contributed by atoms with Crippen LogP contribution in [0.3, 0.4) is 0 Å². The number of nitrogens with two attached hydrogens (primary N) is 1. The monoisotopic (exact) mass is 301 g/mol. The van der Waals surface area contributed by atoms with E-state index in [1.165, 1.54) is 12.1 Å². The van der Waals surface area contributed by atoms with E-state index in [-0.39, 0.29) is 22.5 Å². The molecule has 1 heterocycles. The summed E-state index contributed by atoms with van der Waals surface area (Å²) in [6.45, 7) is 0.316. The molecule has 11 heteroatoms. The predicted octanol–water partition coefficient (Wildman–Crippen LogP) is 0.221. The van der Waals surface area contributed by atoms with Crippen LogP contribution in [0.25, 0.3) is 11.0 Å². The number of non-ortho nitro benzene ring substituents is 1. The van der Waals surface area contributed by atoms with Gasteiger partial charge in [-0.1, -0.05) is 0 Å². The Balaban J connectivity index is 2.14. The number of nitro groups is 1. The summed E-state index contributed by atoms with van der Waals surface area (Å²) < 4.78 is 26.0. The van der Waals surface area contributed by atoms with Crippen LogP contribution in [0.15, 0.2) is 16.8 Å². The quantitative estimate of drug-likeness (QED) is 0.436. The summed E-state index contributed by atoms with van der Waals surface area (Å²) >= 11 is 0. The molecule has 0 bridgehead atoms. The summed E-state index contributed by atoms with van der Waals surface area (Å²) in [4.78, 5) is 10.2. The number of anilines is 1. The van der Waals surface area contributed by atoms with Crippen LogP contribution in [0.2, 0.25) is 0 Å². The maximum atomic E-state index is 10.8. The largest absolute Gasteiger partial charge is 0.383 e. The Labute approximate surface area is 113 Å². The van der Waals surface area contributed by atoms with Crippen molar-refractivity contribution in [1.29, 1.82) is 0 Å². The smallest absolute Gasteiger partial charge is 0.300 e. The van der Waals surface area contributed by atoms with Crippen LogP contribution in [0.1, 0.15) is 6.42 Å². The van der Waals surface area contributed by atoms with Crippen LogP contribution in [0.4, 0.5) is 11.4 Å². The fraction of sp³-hybridized carbons (Fsp3) is 0.333. The minimum atomic E-state index is -3.50. The number of benzene rings is 1. The number of nitrogens with zero attached hydrogens (tertiary/aromatic N) is 3. The lowest BCUT2D eigenvalue weighted by atomic mass is 10.2. The van der Waals surface area contributed by atoms with Gasteiger partial charge in [-0.3, -0.25) is 10.1 Å². The maximum absolute atomic E-state index is 10.8. The van der Waals surface area contributed by atoms with Gasteiger partial charge in [-0.25, -0.2) is 18.2 Å². The van der Waals surface area contributed by atoms with Gasteiger partial charge < -0.3 is 5.32 Å². The average Bonchev–Trinajstić information content (AvgIpc) is 2.82. The Morgan fingerprint density at radius 3 is 2.70 bits per heavy atom. The molecule has 0 amide bonds. The van der Waals surface area contributed by atoms with Crippen molar-refractivity contribution >= 4 is 32.4 Å². The number of hydrogen-bond acceptors (Lipinski definition) is 8. The van der Waals surface area contributed by atoms with Crippen molar-refractivity contribution in [3.05, 3.63) is 22.2 Å². The summed E-state index contributed by atoms with van der Waals surface area (Å²) in [5, 5.41) is 25.6. The van der Waals surface area contributed by atoms with E-state index in [0.29, 0.717) is 18.7 Å². The van der Waals surface area contributed by atoms with Gasteiger partial charge in [-0.05, 0) is 22.8 Å². The summed E-state index contributed by atoms with van der Waals surface area (Å²) in [7, 11) is -3.50. The van der Waals surface area contributed by atoms with Crippen LogP contribution < -0.4 is 10.5 Å². The van der Waals surface area contributed by atoms with Gasteiger partial charge in [-0.2, -0.15) is 0 Å². The summed E-state index contributed by atoms with van der Waals surface area (Å²) in [5.74, 6) is -0.160. The number of aromatic nitrogens is 2. The van der Waals surface area contributed by atoms with Crippen molar-refractivity contribution in [3.63, 3.8) is 0 Å². The molecule has 1 aromatic carbocycles. The summed E-state index contributed by atoms with van der Waals surface area (Å²) in [6.07, 6.45) is 0.294. The lowest BCUT2D eigenvalue weighted by Gasteiger charge is -2.05. The highest BCUT2D eigenvalue weighted by atomic mass is 32.2. The second-order valence-electron chi connectivity index (χ2n) is 4.00. The van der Waals surface area contributed by atoms with Gasteiger partial charge in [0.15, 0.2) is 5.52 Å². The number of rotatable bonds is 6. The Bertz CT molecular complexity index is 740. The molecule has 0 unspecified atom stereocenters. The Morgan fingerprint density at radius 2 is 2.05 bits per heavy atom. The Hall–Kier alpha value is -2.27. The average molecular weight is 301 g/mol. The van der Waals surface area contributed by atoms with Crippen molar-refractivity contribution < 1.29 is 18.0 Å². The van der Waals surface area contributed by atoms with E-state index in [2.05, 4.69) is 20.3 Å². The molecule has 2 rings (SSSR count). The molecule has 20 heavy (non-hydrogen) atoms. The van der Waals surface area contributed by atoms with Gasteiger partial charge in [-0.15, -0.1) is 0 Å².